The number of halogens is 1. The summed E-state index contributed by atoms with van der Waals surface area (Å²) < 4.78 is 26.7. The van der Waals surface area contributed by atoms with Gasteiger partial charge in [0.05, 0.1) is 4.90 Å². The highest BCUT2D eigenvalue weighted by Gasteiger charge is 2.26. The summed E-state index contributed by atoms with van der Waals surface area (Å²) >= 11 is 6.10. The third-order valence-corrected chi connectivity index (χ3v) is 7.66. The van der Waals surface area contributed by atoms with Gasteiger partial charge in [-0.2, -0.15) is 0 Å². The van der Waals surface area contributed by atoms with Crippen LogP contribution >= 0.6 is 11.6 Å². The molecule has 2 aromatic rings. The van der Waals surface area contributed by atoms with Crippen molar-refractivity contribution in [3.63, 3.8) is 0 Å². The molecule has 0 aliphatic carbocycles. The van der Waals surface area contributed by atoms with Crippen molar-refractivity contribution < 1.29 is 18.0 Å². The van der Waals surface area contributed by atoms with Gasteiger partial charge in [-0.25, -0.2) is 12.7 Å². The Bertz CT molecular complexity index is 1050. The summed E-state index contributed by atoms with van der Waals surface area (Å²) in [7, 11) is -2.12. The summed E-state index contributed by atoms with van der Waals surface area (Å²) in [5.74, 6) is -0.434. The van der Waals surface area contributed by atoms with E-state index < -0.39 is 16.1 Å². The number of amides is 2. The molecule has 1 atom stereocenters. The molecule has 0 radical (unpaired) electrons. The van der Waals surface area contributed by atoms with Crippen LogP contribution in [0, 0.1) is 0 Å². The molecule has 2 aromatic carbocycles. The van der Waals surface area contributed by atoms with Crippen molar-refractivity contribution in [2.24, 2.45) is 0 Å². The van der Waals surface area contributed by atoms with Crippen molar-refractivity contribution in [2.45, 2.75) is 57.0 Å². The molecule has 0 saturated heterocycles. The Hall–Kier alpha value is -2.42. The van der Waals surface area contributed by atoms with Crippen LogP contribution in [0.25, 0.3) is 0 Å². The quantitative estimate of drug-likeness (QED) is 0.414. The lowest BCUT2D eigenvalue weighted by molar-refractivity contribution is -0.140. The number of hydrogen-bond acceptors (Lipinski definition) is 4. The predicted octanol–water partition coefficient (Wildman–Crippen LogP) is 4.07. The van der Waals surface area contributed by atoms with Gasteiger partial charge < -0.3 is 10.2 Å². The summed E-state index contributed by atoms with van der Waals surface area (Å²) in [4.78, 5) is 27.6. The van der Waals surface area contributed by atoms with E-state index in [-0.39, 0.29) is 36.2 Å². The number of benzene rings is 2. The third-order valence-electron chi connectivity index (χ3n) is 5.55. The smallest absolute Gasteiger partial charge is 0.242 e. The Balaban J connectivity index is 2.06. The summed E-state index contributed by atoms with van der Waals surface area (Å²) in [5.41, 5.74) is 0.817. The highest BCUT2D eigenvalue weighted by molar-refractivity contribution is 7.89. The van der Waals surface area contributed by atoms with E-state index in [2.05, 4.69) is 5.32 Å². The fourth-order valence-electron chi connectivity index (χ4n) is 3.44. The second kappa shape index (κ2) is 13.5. The monoisotopic (exact) mass is 507 g/mol. The standard InChI is InChI=1S/C25H34ClN3O4S/c1-4-5-16-27-25(31)20(2)29(19-21-11-9-12-22(26)18-21)24(30)15-10-17-28(3)34(32,33)23-13-7-6-8-14-23/h6-9,11-14,18,20H,4-5,10,15-17,19H2,1-3H3,(H,27,31). The number of hydrogen-bond donors (Lipinski definition) is 1. The minimum atomic E-state index is -3.62. The molecule has 2 amide bonds. The van der Waals surface area contributed by atoms with Crippen LogP contribution in [0.5, 0.6) is 0 Å². The molecule has 0 aromatic heterocycles. The molecule has 1 N–H and O–H groups in total. The van der Waals surface area contributed by atoms with E-state index in [0.29, 0.717) is 18.0 Å². The maximum Gasteiger partial charge on any atom is 0.242 e. The normalized spacial score (nSPS) is 12.4. The van der Waals surface area contributed by atoms with Gasteiger partial charge in [0.25, 0.3) is 0 Å². The zero-order valence-electron chi connectivity index (χ0n) is 20.0. The second-order valence-electron chi connectivity index (χ2n) is 8.22. The van der Waals surface area contributed by atoms with E-state index >= 15 is 0 Å². The molecule has 9 heteroatoms. The molecule has 0 aliphatic rings. The van der Waals surface area contributed by atoms with Crippen molar-refractivity contribution in [3.05, 3.63) is 65.2 Å². The van der Waals surface area contributed by atoms with Gasteiger partial charge in [-0.3, -0.25) is 9.59 Å². The fourth-order valence-corrected chi connectivity index (χ4v) is 4.88. The number of carbonyl (C=O) groups excluding carboxylic acids is 2. The van der Waals surface area contributed by atoms with Crippen LogP contribution in [0.2, 0.25) is 5.02 Å². The highest BCUT2D eigenvalue weighted by Crippen LogP contribution is 2.17. The molecule has 7 nitrogen and oxygen atoms in total. The number of carbonyl (C=O) groups is 2. The van der Waals surface area contributed by atoms with Crippen LogP contribution in [0.15, 0.2) is 59.5 Å². The maximum atomic E-state index is 13.2. The van der Waals surface area contributed by atoms with Crippen molar-refractivity contribution in [2.75, 3.05) is 20.1 Å². The third kappa shape index (κ3) is 8.11. The molecule has 0 heterocycles. The van der Waals surface area contributed by atoms with E-state index in [4.69, 9.17) is 11.6 Å². The Labute approximate surface area is 208 Å². The molecule has 0 fully saturated rings. The first-order valence-corrected chi connectivity index (χ1v) is 13.3. The first-order valence-electron chi connectivity index (χ1n) is 11.5. The minimum absolute atomic E-state index is 0.113. The van der Waals surface area contributed by atoms with Crippen molar-refractivity contribution >= 4 is 33.4 Å². The lowest BCUT2D eigenvalue weighted by Crippen LogP contribution is -2.47. The van der Waals surface area contributed by atoms with Gasteiger partial charge in [0.15, 0.2) is 0 Å². The number of sulfonamides is 1. The Kier molecular flexibility index (Phi) is 11.0. The lowest BCUT2D eigenvalue weighted by atomic mass is 10.1. The SMILES string of the molecule is CCCCNC(=O)C(C)N(Cc1cccc(Cl)c1)C(=O)CCCN(C)S(=O)(=O)c1ccccc1. The Morgan fingerprint density at radius 2 is 1.76 bits per heavy atom. The first-order chi connectivity index (χ1) is 16.2. The van der Waals surface area contributed by atoms with Crippen LogP contribution in [0.3, 0.4) is 0 Å². The van der Waals surface area contributed by atoms with Crippen LogP contribution < -0.4 is 5.32 Å². The van der Waals surface area contributed by atoms with Crippen molar-refractivity contribution in [3.8, 4) is 0 Å². The van der Waals surface area contributed by atoms with Crippen LogP contribution in [0.1, 0.15) is 45.1 Å². The van der Waals surface area contributed by atoms with Crippen LogP contribution in [0.4, 0.5) is 0 Å². The zero-order valence-corrected chi connectivity index (χ0v) is 21.6. The summed E-state index contributed by atoms with van der Waals surface area (Å²) in [6.45, 7) is 4.72. The zero-order chi connectivity index (χ0) is 25.1. The average Bonchev–Trinajstić information content (AvgIpc) is 2.82. The van der Waals surface area contributed by atoms with Gasteiger partial charge in [0, 0.05) is 38.1 Å². The fraction of sp³-hybridized carbons (Fsp3) is 0.440. The molecule has 34 heavy (non-hydrogen) atoms. The lowest BCUT2D eigenvalue weighted by Gasteiger charge is -2.29. The second-order valence-corrected chi connectivity index (χ2v) is 10.7. The van der Waals surface area contributed by atoms with E-state index in [1.807, 2.05) is 13.0 Å². The van der Waals surface area contributed by atoms with Crippen LogP contribution in [-0.2, 0) is 26.2 Å². The molecule has 0 bridgehead atoms. The number of nitrogens with one attached hydrogen (secondary N) is 1. The molecule has 0 spiro atoms. The van der Waals surface area contributed by atoms with Gasteiger partial charge in [0.1, 0.15) is 6.04 Å². The number of rotatable bonds is 13. The first kappa shape index (κ1) is 27.8. The predicted molar refractivity (Wildman–Crippen MR) is 135 cm³/mol. The summed E-state index contributed by atoms with van der Waals surface area (Å²) in [6.07, 6.45) is 2.27. The molecule has 0 saturated carbocycles. The van der Waals surface area contributed by atoms with Gasteiger partial charge in [0.2, 0.25) is 21.8 Å². The van der Waals surface area contributed by atoms with E-state index in [9.17, 15) is 18.0 Å². The highest BCUT2D eigenvalue weighted by atomic mass is 35.5. The molecule has 0 aliphatic heterocycles. The van der Waals surface area contributed by atoms with E-state index in [0.717, 1.165) is 18.4 Å². The topological polar surface area (TPSA) is 86.8 Å². The Morgan fingerprint density at radius 1 is 1.06 bits per heavy atom. The van der Waals surface area contributed by atoms with E-state index in [1.165, 1.54) is 16.3 Å². The largest absolute Gasteiger partial charge is 0.354 e. The molecule has 1 unspecified atom stereocenters. The minimum Gasteiger partial charge on any atom is -0.354 e. The average molecular weight is 508 g/mol. The van der Waals surface area contributed by atoms with Crippen molar-refractivity contribution in [1.82, 2.24) is 14.5 Å². The van der Waals surface area contributed by atoms with E-state index in [1.54, 1.807) is 55.5 Å². The number of unbranched alkanes of at least 4 members (excludes halogenated alkanes) is 1. The molecular weight excluding hydrogens is 474 g/mol. The Morgan fingerprint density at radius 3 is 2.41 bits per heavy atom. The molecular formula is C25H34ClN3O4S. The molecule has 186 valence electrons. The van der Waals surface area contributed by atoms with Crippen molar-refractivity contribution in [1.29, 1.82) is 0 Å². The summed E-state index contributed by atoms with van der Waals surface area (Å²) in [6, 6.07) is 14.7. The number of nitrogens with zero attached hydrogens (tertiary/aromatic N) is 2. The van der Waals surface area contributed by atoms with Gasteiger partial charge in [-0.1, -0.05) is 55.3 Å². The van der Waals surface area contributed by atoms with Crippen LogP contribution in [-0.4, -0.2) is 55.6 Å². The van der Waals surface area contributed by atoms with Gasteiger partial charge in [-0.15, -0.1) is 0 Å². The van der Waals surface area contributed by atoms with Gasteiger partial charge >= 0.3 is 0 Å². The van der Waals surface area contributed by atoms with Gasteiger partial charge in [-0.05, 0) is 49.6 Å². The molecule has 2 rings (SSSR count). The summed E-state index contributed by atoms with van der Waals surface area (Å²) in [5, 5.41) is 3.44. The maximum absolute atomic E-state index is 13.2.